The zero-order valence-electron chi connectivity index (χ0n) is 14.5. The van der Waals surface area contributed by atoms with Gasteiger partial charge in [-0.3, -0.25) is 9.59 Å². The van der Waals surface area contributed by atoms with Gasteiger partial charge >= 0.3 is 0 Å². The molecule has 1 saturated carbocycles. The lowest BCUT2D eigenvalue weighted by Gasteiger charge is -2.12. The topological polar surface area (TPSA) is 115 Å². The molecule has 4 rings (SSSR count). The van der Waals surface area contributed by atoms with Crippen LogP contribution in [0, 0.1) is 0 Å². The summed E-state index contributed by atoms with van der Waals surface area (Å²) in [7, 11) is 1.58. The molecule has 1 aliphatic rings. The molecule has 2 amide bonds. The molecule has 1 aromatic carbocycles. The molecular weight excluding hydrogens is 366 g/mol. The molecule has 0 atom stereocenters. The Balaban J connectivity index is 1.39. The highest BCUT2D eigenvalue weighted by Crippen LogP contribution is 2.43. The van der Waals surface area contributed by atoms with Crippen LogP contribution >= 0.6 is 11.3 Å². The van der Waals surface area contributed by atoms with Crippen LogP contribution in [0.25, 0.3) is 10.6 Å². The van der Waals surface area contributed by atoms with Crippen molar-refractivity contribution in [1.82, 2.24) is 35.8 Å². The first kappa shape index (κ1) is 17.3. The fourth-order valence-electron chi connectivity index (χ4n) is 2.76. The number of likely N-dealkylation sites (N-methyl/N-ethyl adjacent to an activating group) is 1. The van der Waals surface area contributed by atoms with Gasteiger partial charge in [0.15, 0.2) is 5.69 Å². The number of amides is 2. The molecule has 0 spiro atoms. The number of rotatable bonds is 6. The van der Waals surface area contributed by atoms with E-state index in [2.05, 4.69) is 31.1 Å². The van der Waals surface area contributed by atoms with Crippen LogP contribution in [0.5, 0.6) is 0 Å². The smallest absolute Gasteiger partial charge is 0.273 e. The quantitative estimate of drug-likeness (QED) is 0.655. The van der Waals surface area contributed by atoms with Gasteiger partial charge in [-0.2, -0.15) is 0 Å². The molecule has 3 aromatic rings. The molecule has 0 bridgehead atoms. The Morgan fingerprint density at radius 2 is 1.96 bits per heavy atom. The van der Waals surface area contributed by atoms with E-state index < -0.39 is 5.54 Å². The molecule has 2 aromatic heterocycles. The third kappa shape index (κ3) is 3.31. The van der Waals surface area contributed by atoms with Crippen molar-refractivity contribution in [3.05, 3.63) is 47.2 Å². The number of carbonyl (C=O) groups is 2. The van der Waals surface area contributed by atoms with E-state index in [1.165, 1.54) is 22.2 Å². The zero-order chi connectivity index (χ0) is 18.9. The summed E-state index contributed by atoms with van der Waals surface area (Å²) < 4.78 is 1.47. The number of aromatic nitrogens is 5. The van der Waals surface area contributed by atoms with Crippen LogP contribution in [0.15, 0.2) is 36.5 Å². The Morgan fingerprint density at radius 1 is 1.19 bits per heavy atom. The molecule has 1 aliphatic carbocycles. The van der Waals surface area contributed by atoms with Gasteiger partial charge in [-0.25, -0.2) is 4.68 Å². The molecule has 0 saturated heterocycles. The number of hydrogen-bond acceptors (Lipinski definition) is 7. The lowest BCUT2D eigenvalue weighted by atomic mass is 10.2. The fraction of sp³-hybridized carbons (Fsp3) is 0.294. The lowest BCUT2D eigenvalue weighted by molar-refractivity contribution is -0.125. The average molecular weight is 383 g/mol. The second-order valence-electron chi connectivity index (χ2n) is 6.21. The van der Waals surface area contributed by atoms with E-state index in [4.69, 9.17) is 0 Å². The highest BCUT2D eigenvalue weighted by atomic mass is 32.1. The zero-order valence-corrected chi connectivity index (χ0v) is 15.4. The van der Waals surface area contributed by atoms with Gasteiger partial charge in [0.05, 0.1) is 12.7 Å². The largest absolute Gasteiger partial charge is 0.357 e. The first-order valence-corrected chi connectivity index (χ1v) is 9.25. The van der Waals surface area contributed by atoms with E-state index in [1.807, 2.05) is 30.3 Å². The van der Waals surface area contributed by atoms with Gasteiger partial charge in [0.1, 0.15) is 15.6 Å². The molecule has 1 fully saturated rings. The standard InChI is InChI=1S/C17H17N7O2S/c1-18-16(26)17(7-8-17)24-10-12(20-23-24)14(25)19-9-13-21-22-15(27-13)11-5-3-2-4-6-11/h2-6,10H,7-9H2,1H3,(H,18,26)(H,19,25). The average Bonchev–Trinajstić information content (AvgIpc) is 3.15. The monoisotopic (exact) mass is 383 g/mol. The molecule has 9 nitrogen and oxygen atoms in total. The summed E-state index contributed by atoms with van der Waals surface area (Å²) in [5, 5.41) is 23.0. The van der Waals surface area contributed by atoms with E-state index in [9.17, 15) is 9.59 Å². The van der Waals surface area contributed by atoms with Gasteiger partial charge in [-0.1, -0.05) is 46.9 Å². The summed E-state index contributed by atoms with van der Waals surface area (Å²) >= 11 is 1.42. The fourth-order valence-corrected chi connectivity index (χ4v) is 3.54. The summed E-state index contributed by atoms with van der Waals surface area (Å²) in [6.07, 6.45) is 2.88. The first-order valence-electron chi connectivity index (χ1n) is 8.43. The molecule has 138 valence electrons. The first-order chi connectivity index (χ1) is 13.1. The van der Waals surface area contributed by atoms with Gasteiger partial charge in [0, 0.05) is 12.6 Å². The normalized spacial score (nSPS) is 14.6. The van der Waals surface area contributed by atoms with Crippen LogP contribution in [0.4, 0.5) is 0 Å². The van der Waals surface area contributed by atoms with Gasteiger partial charge < -0.3 is 10.6 Å². The summed E-state index contributed by atoms with van der Waals surface area (Å²) in [6, 6.07) is 9.73. The second kappa shape index (κ2) is 6.88. The number of benzene rings is 1. The lowest BCUT2D eigenvalue weighted by Crippen LogP contribution is -2.37. The number of nitrogens with one attached hydrogen (secondary N) is 2. The predicted octanol–water partition coefficient (Wildman–Crippen LogP) is 0.962. The minimum atomic E-state index is -0.704. The summed E-state index contributed by atoms with van der Waals surface area (Å²) in [5.41, 5.74) is 0.446. The number of hydrogen-bond donors (Lipinski definition) is 2. The Morgan fingerprint density at radius 3 is 2.67 bits per heavy atom. The maximum absolute atomic E-state index is 12.3. The van der Waals surface area contributed by atoms with Crippen molar-refractivity contribution in [1.29, 1.82) is 0 Å². The van der Waals surface area contributed by atoms with Gasteiger partial charge in [0.2, 0.25) is 5.91 Å². The highest BCUT2D eigenvalue weighted by Gasteiger charge is 2.52. The third-order valence-electron chi connectivity index (χ3n) is 4.43. The van der Waals surface area contributed by atoms with Crippen molar-refractivity contribution in [3.63, 3.8) is 0 Å². The van der Waals surface area contributed by atoms with Crippen molar-refractivity contribution in [2.45, 2.75) is 24.9 Å². The van der Waals surface area contributed by atoms with Crippen LogP contribution in [-0.4, -0.2) is 44.1 Å². The van der Waals surface area contributed by atoms with Gasteiger partial charge in [-0.05, 0) is 12.8 Å². The summed E-state index contributed by atoms with van der Waals surface area (Å²) in [6.45, 7) is 0.247. The maximum atomic E-state index is 12.3. The van der Waals surface area contributed by atoms with Gasteiger partial charge in [-0.15, -0.1) is 15.3 Å². The number of nitrogens with zero attached hydrogens (tertiary/aromatic N) is 5. The highest BCUT2D eigenvalue weighted by molar-refractivity contribution is 7.14. The molecule has 0 unspecified atom stereocenters. The van der Waals surface area contributed by atoms with Crippen molar-refractivity contribution < 1.29 is 9.59 Å². The molecule has 2 N–H and O–H groups in total. The van der Waals surface area contributed by atoms with E-state index in [0.29, 0.717) is 17.8 Å². The molecule has 2 heterocycles. The summed E-state index contributed by atoms with van der Waals surface area (Å²) in [5.74, 6) is -0.493. The van der Waals surface area contributed by atoms with E-state index in [0.717, 1.165) is 10.6 Å². The Bertz CT molecular complexity index is 978. The van der Waals surface area contributed by atoms with Crippen molar-refractivity contribution in [2.24, 2.45) is 0 Å². The van der Waals surface area contributed by atoms with Crippen molar-refractivity contribution in [3.8, 4) is 10.6 Å². The Labute approximate surface area is 158 Å². The molecule has 0 aliphatic heterocycles. The van der Waals surface area contributed by atoms with Gasteiger partial charge in [0.25, 0.3) is 5.91 Å². The maximum Gasteiger partial charge on any atom is 0.273 e. The second-order valence-corrected chi connectivity index (χ2v) is 7.27. The predicted molar refractivity (Wildman–Crippen MR) is 97.8 cm³/mol. The Hall–Kier alpha value is -3.14. The van der Waals surface area contributed by atoms with Crippen molar-refractivity contribution >= 4 is 23.2 Å². The van der Waals surface area contributed by atoms with Crippen LogP contribution in [0.2, 0.25) is 0 Å². The minimum Gasteiger partial charge on any atom is -0.357 e. The summed E-state index contributed by atoms with van der Waals surface area (Å²) in [4.78, 5) is 24.3. The molecular formula is C17H17N7O2S. The molecule has 10 heteroatoms. The molecule has 27 heavy (non-hydrogen) atoms. The third-order valence-corrected chi connectivity index (χ3v) is 5.40. The van der Waals surface area contributed by atoms with Crippen molar-refractivity contribution in [2.75, 3.05) is 7.05 Å². The minimum absolute atomic E-state index is 0.123. The van der Waals surface area contributed by atoms with E-state index in [1.54, 1.807) is 7.05 Å². The van der Waals surface area contributed by atoms with E-state index >= 15 is 0 Å². The van der Waals surface area contributed by atoms with E-state index in [-0.39, 0.29) is 24.1 Å². The van der Waals surface area contributed by atoms with Crippen LogP contribution in [-0.2, 0) is 16.9 Å². The SMILES string of the molecule is CNC(=O)C1(n2cc(C(=O)NCc3nnc(-c4ccccc4)s3)nn2)CC1. The number of carbonyl (C=O) groups excluding carboxylic acids is 2. The van der Waals surface area contributed by atoms with Crippen LogP contribution in [0.1, 0.15) is 28.3 Å². The Kier molecular flexibility index (Phi) is 4.40. The van der Waals surface area contributed by atoms with Crippen LogP contribution < -0.4 is 10.6 Å². The molecule has 0 radical (unpaired) electrons. The van der Waals surface area contributed by atoms with Crippen LogP contribution in [0.3, 0.4) is 0 Å².